The molecular formula is C49H40Br2N2S. The third kappa shape index (κ3) is 6.22. The molecule has 0 unspecified atom stereocenters. The molecule has 0 radical (unpaired) electrons. The fourth-order valence-electron chi connectivity index (χ4n) is 7.82. The van der Waals surface area contributed by atoms with Gasteiger partial charge in [0.05, 0.1) is 34.1 Å². The standard InChI is InChI=1S/C25H20BrN.C22H14BrNS.C2H6/c1-25(2)18-11-3-5-14-21(18)27(22-15-6-4-12-19(22)25)23-16-8-10-17-9-7-13-20(26)24(17)23;23-16-9-5-7-15-8-6-12-19(22(15)16)24-17-10-1-3-13-20(17)25-21-14-4-2-11-18(21)24;1-2/h3-16H,1-2H3;1-14H;1-2H3. The second kappa shape index (κ2) is 15.1. The molecule has 0 atom stereocenters. The number of anilines is 6. The van der Waals surface area contributed by atoms with Gasteiger partial charge in [-0.25, -0.2) is 0 Å². The molecule has 0 spiro atoms. The maximum atomic E-state index is 3.79. The van der Waals surface area contributed by atoms with Crippen molar-refractivity contribution in [1.82, 2.24) is 0 Å². The zero-order valence-electron chi connectivity index (χ0n) is 30.7. The molecule has 10 rings (SSSR count). The fraction of sp³-hybridized carbons (Fsp3) is 0.102. The SMILES string of the molecule is Brc1cccc2cccc(N3c4ccccc4Sc4ccccc43)c12.CC.CC1(C)c2ccccc2N(c2cccc3cccc(Br)c23)c2ccccc21. The molecule has 0 amide bonds. The molecule has 2 heterocycles. The van der Waals surface area contributed by atoms with Crippen LogP contribution in [-0.2, 0) is 5.41 Å². The molecule has 0 aromatic heterocycles. The van der Waals surface area contributed by atoms with Gasteiger partial charge in [-0.3, -0.25) is 0 Å². The zero-order valence-corrected chi connectivity index (χ0v) is 34.7. The highest BCUT2D eigenvalue weighted by Gasteiger charge is 2.37. The van der Waals surface area contributed by atoms with Crippen LogP contribution in [0.1, 0.15) is 38.8 Å². The Balaban J connectivity index is 0.000000147. The Hall–Kier alpha value is -4.81. The highest BCUT2D eigenvalue weighted by molar-refractivity contribution is 9.11. The molecule has 0 saturated carbocycles. The average Bonchev–Trinajstić information content (AvgIpc) is 3.21. The molecule has 0 saturated heterocycles. The summed E-state index contributed by atoms with van der Waals surface area (Å²) in [6, 6.07) is 60.6. The summed E-state index contributed by atoms with van der Waals surface area (Å²) in [6.07, 6.45) is 0. The molecule has 0 bridgehead atoms. The second-order valence-electron chi connectivity index (χ2n) is 13.6. The molecule has 2 nitrogen and oxygen atoms in total. The van der Waals surface area contributed by atoms with Crippen molar-refractivity contribution in [2.45, 2.75) is 42.9 Å². The van der Waals surface area contributed by atoms with Gasteiger partial charge in [0, 0.05) is 34.9 Å². The van der Waals surface area contributed by atoms with Gasteiger partial charge < -0.3 is 9.80 Å². The van der Waals surface area contributed by atoms with Gasteiger partial charge in [0.2, 0.25) is 0 Å². The second-order valence-corrected chi connectivity index (χ2v) is 16.4. The number of nitrogens with zero attached hydrogens (tertiary/aromatic N) is 2. The van der Waals surface area contributed by atoms with Crippen LogP contribution in [0.5, 0.6) is 0 Å². The van der Waals surface area contributed by atoms with Crippen LogP contribution in [0.2, 0.25) is 0 Å². The third-order valence-electron chi connectivity index (χ3n) is 10.2. The molecule has 54 heavy (non-hydrogen) atoms. The van der Waals surface area contributed by atoms with E-state index in [1.807, 2.05) is 25.6 Å². The first kappa shape index (κ1) is 36.2. The number of para-hydroxylation sites is 4. The first-order valence-corrected chi connectivity index (χ1v) is 20.8. The van der Waals surface area contributed by atoms with E-state index < -0.39 is 0 Å². The van der Waals surface area contributed by atoms with Gasteiger partial charge in [-0.1, -0.05) is 181 Å². The van der Waals surface area contributed by atoms with Crippen molar-refractivity contribution in [2.75, 3.05) is 9.80 Å². The lowest BCUT2D eigenvalue weighted by Gasteiger charge is -2.42. The highest BCUT2D eigenvalue weighted by atomic mass is 79.9. The van der Waals surface area contributed by atoms with Crippen LogP contribution in [0.4, 0.5) is 34.1 Å². The van der Waals surface area contributed by atoms with E-state index in [0.29, 0.717) is 0 Å². The van der Waals surface area contributed by atoms with Gasteiger partial charge in [-0.2, -0.15) is 0 Å². The van der Waals surface area contributed by atoms with Crippen molar-refractivity contribution >= 4 is 99.3 Å². The van der Waals surface area contributed by atoms with E-state index in [-0.39, 0.29) is 5.41 Å². The zero-order chi connectivity index (χ0) is 37.4. The average molecular weight is 849 g/mol. The number of hydrogen-bond acceptors (Lipinski definition) is 3. The number of hydrogen-bond donors (Lipinski definition) is 0. The quantitative estimate of drug-likeness (QED) is 0.171. The Bertz CT molecular complexity index is 2540. The minimum atomic E-state index is -0.0362. The van der Waals surface area contributed by atoms with Crippen LogP contribution in [0.3, 0.4) is 0 Å². The molecule has 0 fully saturated rings. The molecule has 8 aromatic rings. The highest BCUT2D eigenvalue weighted by Crippen LogP contribution is 2.54. The van der Waals surface area contributed by atoms with Gasteiger partial charge in [-0.15, -0.1) is 0 Å². The monoisotopic (exact) mass is 846 g/mol. The van der Waals surface area contributed by atoms with E-state index in [2.05, 4.69) is 225 Å². The molecule has 2 aliphatic rings. The number of halogens is 2. The Morgan fingerprint density at radius 3 is 1.17 bits per heavy atom. The first-order chi connectivity index (χ1) is 26.4. The lowest BCUT2D eigenvalue weighted by Crippen LogP contribution is -2.30. The van der Waals surface area contributed by atoms with Crippen molar-refractivity contribution in [3.63, 3.8) is 0 Å². The Kier molecular flexibility index (Phi) is 10.1. The van der Waals surface area contributed by atoms with Crippen LogP contribution < -0.4 is 9.80 Å². The van der Waals surface area contributed by atoms with E-state index in [0.717, 1.165) is 8.95 Å². The predicted molar refractivity (Wildman–Crippen MR) is 240 cm³/mol. The van der Waals surface area contributed by atoms with Gasteiger partial charge in [0.1, 0.15) is 0 Å². The van der Waals surface area contributed by atoms with Crippen LogP contribution in [-0.4, -0.2) is 0 Å². The summed E-state index contributed by atoms with van der Waals surface area (Å²) < 4.78 is 2.24. The van der Waals surface area contributed by atoms with Crippen molar-refractivity contribution < 1.29 is 0 Å². The number of rotatable bonds is 2. The van der Waals surface area contributed by atoms with Crippen LogP contribution in [0.25, 0.3) is 21.5 Å². The van der Waals surface area contributed by atoms with Crippen molar-refractivity contribution in [3.8, 4) is 0 Å². The van der Waals surface area contributed by atoms with Gasteiger partial charge in [0.15, 0.2) is 0 Å². The predicted octanol–water partition coefficient (Wildman–Crippen LogP) is 16.3. The van der Waals surface area contributed by atoms with Crippen molar-refractivity contribution in [2.24, 2.45) is 0 Å². The number of benzene rings is 8. The van der Waals surface area contributed by atoms with E-state index in [1.165, 1.54) is 76.6 Å². The smallest absolute Gasteiger partial charge is 0.0601 e. The van der Waals surface area contributed by atoms with Crippen LogP contribution in [0, 0.1) is 0 Å². The maximum absolute atomic E-state index is 3.79. The van der Waals surface area contributed by atoms with E-state index in [4.69, 9.17) is 0 Å². The number of fused-ring (bicyclic) bond motifs is 6. The van der Waals surface area contributed by atoms with Gasteiger partial charge >= 0.3 is 0 Å². The van der Waals surface area contributed by atoms with Crippen LogP contribution in [0.15, 0.2) is 189 Å². The molecule has 0 N–H and O–H groups in total. The first-order valence-electron chi connectivity index (χ1n) is 18.4. The molecular weight excluding hydrogens is 808 g/mol. The topological polar surface area (TPSA) is 6.48 Å². The van der Waals surface area contributed by atoms with E-state index in [1.54, 1.807) is 0 Å². The molecule has 2 aliphatic heterocycles. The van der Waals surface area contributed by atoms with Crippen molar-refractivity contribution in [3.05, 3.63) is 190 Å². The largest absolute Gasteiger partial charge is 0.309 e. The van der Waals surface area contributed by atoms with Crippen LogP contribution >= 0.6 is 43.6 Å². The minimum absolute atomic E-state index is 0.0362. The van der Waals surface area contributed by atoms with Crippen molar-refractivity contribution in [1.29, 1.82) is 0 Å². The van der Waals surface area contributed by atoms with E-state index in [9.17, 15) is 0 Å². The molecule has 0 aliphatic carbocycles. The molecule has 5 heteroatoms. The van der Waals surface area contributed by atoms with E-state index >= 15 is 0 Å². The lowest BCUT2D eigenvalue weighted by atomic mass is 9.73. The minimum Gasteiger partial charge on any atom is -0.309 e. The summed E-state index contributed by atoms with van der Waals surface area (Å²) in [5.41, 5.74) is 10.0. The van der Waals surface area contributed by atoms with Gasteiger partial charge in [0.25, 0.3) is 0 Å². The third-order valence-corrected chi connectivity index (χ3v) is 12.7. The summed E-state index contributed by atoms with van der Waals surface area (Å²) in [5.74, 6) is 0. The Labute approximate surface area is 339 Å². The summed E-state index contributed by atoms with van der Waals surface area (Å²) in [6.45, 7) is 8.64. The fourth-order valence-corrected chi connectivity index (χ4v) is 10.0. The maximum Gasteiger partial charge on any atom is 0.0601 e. The summed E-state index contributed by atoms with van der Waals surface area (Å²) >= 11 is 9.39. The Morgan fingerprint density at radius 1 is 0.389 bits per heavy atom. The lowest BCUT2D eigenvalue weighted by molar-refractivity contribution is 0.632. The summed E-state index contributed by atoms with van der Waals surface area (Å²) in [5, 5.41) is 4.95. The molecule has 266 valence electrons. The van der Waals surface area contributed by atoms with Gasteiger partial charge in [-0.05, 0) is 82.6 Å². The normalized spacial score (nSPS) is 13.4. The summed E-state index contributed by atoms with van der Waals surface area (Å²) in [4.78, 5) is 7.37. The summed E-state index contributed by atoms with van der Waals surface area (Å²) in [7, 11) is 0. The molecule has 8 aromatic carbocycles. The Morgan fingerprint density at radius 2 is 0.722 bits per heavy atom.